The fourth-order valence-electron chi connectivity index (χ4n) is 2.01. The van der Waals surface area contributed by atoms with E-state index in [0.717, 1.165) is 40.1 Å². The number of carbonyl (C=O) groups excluding carboxylic acids is 1. The summed E-state index contributed by atoms with van der Waals surface area (Å²) in [5.74, 6) is -0.0143. The molecule has 0 aliphatic carbocycles. The summed E-state index contributed by atoms with van der Waals surface area (Å²) in [5, 5.41) is 3.97. The first-order valence-electron chi connectivity index (χ1n) is 7.25. The zero-order valence-electron chi connectivity index (χ0n) is 12.5. The SMILES string of the molecule is CC(C)OCCCCNC(=O)c1cc2cc(N)ccc2s1. The van der Waals surface area contributed by atoms with E-state index in [1.807, 2.05) is 38.1 Å². The van der Waals surface area contributed by atoms with E-state index in [0.29, 0.717) is 6.54 Å². The van der Waals surface area contributed by atoms with Crippen molar-refractivity contribution >= 4 is 33.0 Å². The molecule has 0 spiro atoms. The molecule has 1 heterocycles. The Hall–Kier alpha value is -1.59. The van der Waals surface area contributed by atoms with Crippen LogP contribution in [0.15, 0.2) is 24.3 Å². The molecule has 0 atom stereocenters. The molecule has 0 aliphatic rings. The number of nitrogens with two attached hydrogens (primary N) is 1. The Morgan fingerprint density at radius 1 is 1.33 bits per heavy atom. The highest BCUT2D eigenvalue weighted by molar-refractivity contribution is 7.20. The molecule has 0 saturated heterocycles. The van der Waals surface area contributed by atoms with Crippen LogP contribution in [0.1, 0.15) is 36.4 Å². The second-order valence-corrected chi connectivity index (χ2v) is 6.37. The Morgan fingerprint density at radius 2 is 2.14 bits per heavy atom. The summed E-state index contributed by atoms with van der Waals surface area (Å²) >= 11 is 1.49. The molecule has 4 nitrogen and oxygen atoms in total. The van der Waals surface area contributed by atoms with Crippen LogP contribution in [0.4, 0.5) is 5.69 Å². The minimum absolute atomic E-state index is 0.0143. The van der Waals surface area contributed by atoms with Crippen molar-refractivity contribution in [1.29, 1.82) is 0 Å². The first-order chi connectivity index (χ1) is 10.1. The molecule has 5 heteroatoms. The van der Waals surface area contributed by atoms with Gasteiger partial charge in [-0.25, -0.2) is 0 Å². The van der Waals surface area contributed by atoms with E-state index in [4.69, 9.17) is 10.5 Å². The molecular formula is C16H22N2O2S. The van der Waals surface area contributed by atoms with Crippen LogP contribution in [-0.2, 0) is 4.74 Å². The summed E-state index contributed by atoms with van der Waals surface area (Å²) in [6.07, 6.45) is 2.16. The van der Waals surface area contributed by atoms with Gasteiger partial charge in [0.1, 0.15) is 0 Å². The number of amides is 1. The summed E-state index contributed by atoms with van der Waals surface area (Å²) in [5.41, 5.74) is 6.47. The topological polar surface area (TPSA) is 64.3 Å². The maximum Gasteiger partial charge on any atom is 0.261 e. The Bertz CT molecular complexity index is 607. The van der Waals surface area contributed by atoms with E-state index in [1.165, 1.54) is 11.3 Å². The number of fused-ring (bicyclic) bond motifs is 1. The van der Waals surface area contributed by atoms with Gasteiger partial charge in [-0.3, -0.25) is 4.79 Å². The third-order valence-electron chi connectivity index (χ3n) is 3.07. The molecular weight excluding hydrogens is 284 g/mol. The van der Waals surface area contributed by atoms with E-state index in [-0.39, 0.29) is 12.0 Å². The molecule has 0 aliphatic heterocycles. The van der Waals surface area contributed by atoms with Crippen LogP contribution in [0.25, 0.3) is 10.1 Å². The molecule has 0 radical (unpaired) electrons. The molecule has 21 heavy (non-hydrogen) atoms. The maximum atomic E-state index is 12.1. The van der Waals surface area contributed by atoms with Crippen LogP contribution in [0.2, 0.25) is 0 Å². The lowest BCUT2D eigenvalue weighted by atomic mass is 10.2. The summed E-state index contributed by atoms with van der Waals surface area (Å²) in [7, 11) is 0. The molecule has 0 fully saturated rings. The summed E-state index contributed by atoms with van der Waals surface area (Å²) in [6.45, 7) is 5.47. The number of carbonyl (C=O) groups is 1. The van der Waals surface area contributed by atoms with Crippen molar-refractivity contribution < 1.29 is 9.53 Å². The van der Waals surface area contributed by atoms with Crippen LogP contribution in [0.3, 0.4) is 0 Å². The summed E-state index contributed by atoms with van der Waals surface area (Å²) < 4.78 is 6.55. The Morgan fingerprint density at radius 3 is 2.90 bits per heavy atom. The van der Waals surface area contributed by atoms with Crippen molar-refractivity contribution in [2.75, 3.05) is 18.9 Å². The van der Waals surface area contributed by atoms with Gasteiger partial charge in [-0.05, 0) is 56.3 Å². The fourth-order valence-corrected chi connectivity index (χ4v) is 2.97. The number of anilines is 1. The minimum atomic E-state index is -0.0143. The van der Waals surface area contributed by atoms with Gasteiger partial charge in [0.2, 0.25) is 0 Å². The van der Waals surface area contributed by atoms with Crippen LogP contribution < -0.4 is 11.1 Å². The predicted molar refractivity (Wildman–Crippen MR) is 88.9 cm³/mol. The lowest BCUT2D eigenvalue weighted by Crippen LogP contribution is -2.23. The van der Waals surface area contributed by atoms with Gasteiger partial charge in [0.05, 0.1) is 11.0 Å². The lowest BCUT2D eigenvalue weighted by molar-refractivity contribution is 0.0754. The second kappa shape index (κ2) is 7.43. The van der Waals surface area contributed by atoms with Crippen molar-refractivity contribution in [3.05, 3.63) is 29.1 Å². The van der Waals surface area contributed by atoms with Gasteiger partial charge in [-0.1, -0.05) is 0 Å². The molecule has 2 rings (SSSR count). The molecule has 0 bridgehead atoms. The minimum Gasteiger partial charge on any atom is -0.399 e. The number of thiophene rings is 1. The second-order valence-electron chi connectivity index (χ2n) is 5.29. The quantitative estimate of drug-likeness (QED) is 0.608. The predicted octanol–water partition coefficient (Wildman–Crippen LogP) is 3.42. The number of hydrogen-bond acceptors (Lipinski definition) is 4. The lowest BCUT2D eigenvalue weighted by Gasteiger charge is -2.07. The van der Waals surface area contributed by atoms with Gasteiger partial charge in [0.25, 0.3) is 5.91 Å². The van der Waals surface area contributed by atoms with E-state index in [2.05, 4.69) is 5.32 Å². The van der Waals surface area contributed by atoms with Crippen LogP contribution in [-0.4, -0.2) is 25.2 Å². The number of hydrogen-bond donors (Lipinski definition) is 2. The van der Waals surface area contributed by atoms with Gasteiger partial charge in [-0.15, -0.1) is 11.3 Å². The smallest absolute Gasteiger partial charge is 0.261 e. The average molecular weight is 306 g/mol. The number of rotatable bonds is 7. The molecule has 2 aromatic rings. The van der Waals surface area contributed by atoms with Gasteiger partial charge < -0.3 is 15.8 Å². The number of nitrogen functional groups attached to an aromatic ring is 1. The van der Waals surface area contributed by atoms with Gasteiger partial charge in [-0.2, -0.15) is 0 Å². The number of ether oxygens (including phenoxy) is 1. The molecule has 1 aromatic carbocycles. The van der Waals surface area contributed by atoms with E-state index in [1.54, 1.807) is 0 Å². The van der Waals surface area contributed by atoms with Crippen molar-refractivity contribution in [2.24, 2.45) is 0 Å². The first-order valence-corrected chi connectivity index (χ1v) is 8.07. The molecule has 1 amide bonds. The fraction of sp³-hybridized carbons (Fsp3) is 0.438. The third kappa shape index (κ3) is 4.72. The van der Waals surface area contributed by atoms with Crippen molar-refractivity contribution in [1.82, 2.24) is 5.32 Å². The maximum absolute atomic E-state index is 12.1. The summed E-state index contributed by atoms with van der Waals surface area (Å²) in [4.78, 5) is 12.8. The molecule has 1 aromatic heterocycles. The Kier molecular flexibility index (Phi) is 5.59. The van der Waals surface area contributed by atoms with Crippen LogP contribution in [0, 0.1) is 0 Å². The van der Waals surface area contributed by atoms with Crippen LogP contribution >= 0.6 is 11.3 Å². The summed E-state index contributed by atoms with van der Waals surface area (Å²) in [6, 6.07) is 7.60. The highest BCUT2D eigenvalue weighted by Crippen LogP contribution is 2.27. The monoisotopic (exact) mass is 306 g/mol. The number of nitrogens with one attached hydrogen (secondary N) is 1. The van der Waals surface area contributed by atoms with E-state index in [9.17, 15) is 4.79 Å². The Balaban J connectivity index is 1.79. The van der Waals surface area contributed by atoms with Crippen molar-refractivity contribution in [3.8, 4) is 0 Å². The van der Waals surface area contributed by atoms with Gasteiger partial charge >= 0.3 is 0 Å². The first kappa shape index (κ1) is 15.8. The van der Waals surface area contributed by atoms with Gasteiger partial charge in [0.15, 0.2) is 0 Å². The molecule has 3 N–H and O–H groups in total. The van der Waals surface area contributed by atoms with E-state index >= 15 is 0 Å². The normalized spacial score (nSPS) is 11.2. The molecule has 0 unspecified atom stereocenters. The molecule has 0 saturated carbocycles. The van der Waals surface area contributed by atoms with Crippen molar-refractivity contribution in [2.45, 2.75) is 32.8 Å². The number of benzene rings is 1. The largest absolute Gasteiger partial charge is 0.399 e. The number of unbranched alkanes of at least 4 members (excludes halogenated alkanes) is 1. The van der Waals surface area contributed by atoms with Crippen LogP contribution in [0.5, 0.6) is 0 Å². The highest BCUT2D eigenvalue weighted by Gasteiger charge is 2.09. The standard InChI is InChI=1S/C16H22N2O2S/c1-11(2)20-8-4-3-7-18-16(19)15-10-12-9-13(17)5-6-14(12)21-15/h5-6,9-11H,3-4,7-8,17H2,1-2H3,(H,18,19). The highest BCUT2D eigenvalue weighted by atomic mass is 32.1. The zero-order chi connectivity index (χ0) is 15.2. The average Bonchev–Trinajstić information content (AvgIpc) is 2.85. The van der Waals surface area contributed by atoms with Gasteiger partial charge in [0, 0.05) is 23.5 Å². The van der Waals surface area contributed by atoms with Crippen molar-refractivity contribution in [3.63, 3.8) is 0 Å². The Labute approximate surface area is 129 Å². The third-order valence-corrected chi connectivity index (χ3v) is 4.19. The molecule has 114 valence electrons. The van der Waals surface area contributed by atoms with E-state index < -0.39 is 0 Å². The zero-order valence-corrected chi connectivity index (χ0v) is 13.3.